The molecule has 6 nitrogen and oxygen atoms in total. The maximum Gasteiger partial charge on any atom is 0.251 e. The molecular weight excluding hydrogens is 280 g/mol. The maximum atomic E-state index is 12.3. The second-order valence-electron chi connectivity index (χ2n) is 5.60. The van der Waals surface area contributed by atoms with Crippen LogP contribution < -0.4 is 16.2 Å². The second kappa shape index (κ2) is 5.63. The van der Waals surface area contributed by atoms with Crippen molar-refractivity contribution in [2.24, 2.45) is 0 Å². The summed E-state index contributed by atoms with van der Waals surface area (Å²) in [6.45, 7) is 4.00. The van der Waals surface area contributed by atoms with Gasteiger partial charge in [0.15, 0.2) is 0 Å². The molecule has 0 saturated heterocycles. The number of carbonyl (C=O) groups excluding carboxylic acids is 1. The third-order valence-electron chi connectivity index (χ3n) is 3.69. The minimum Gasteiger partial charge on any atom is -0.373 e. The predicted molar refractivity (Wildman–Crippen MR) is 83.7 cm³/mol. The Kier molecular flexibility index (Phi) is 3.66. The van der Waals surface area contributed by atoms with Crippen LogP contribution in [0.15, 0.2) is 29.1 Å². The molecule has 2 heterocycles. The summed E-state index contributed by atoms with van der Waals surface area (Å²) < 4.78 is 0. The summed E-state index contributed by atoms with van der Waals surface area (Å²) in [5, 5.41) is 6.05. The topological polar surface area (TPSA) is 86.9 Å². The van der Waals surface area contributed by atoms with Crippen molar-refractivity contribution in [2.45, 2.75) is 32.9 Å². The zero-order valence-corrected chi connectivity index (χ0v) is 12.6. The number of H-pyrrole nitrogens is 1. The summed E-state index contributed by atoms with van der Waals surface area (Å²) in [5.74, 6) is 0.451. The quantitative estimate of drug-likeness (QED) is 0.790. The number of amides is 1. The SMILES string of the molecule is Cc1ccc2c(c1)C[C@@H](C(=O)NCc1cc(=O)[nH]c(C)n1)N2. The first-order valence-electron chi connectivity index (χ1n) is 7.22. The lowest BCUT2D eigenvalue weighted by atomic mass is 10.1. The number of aromatic amines is 1. The summed E-state index contributed by atoms with van der Waals surface area (Å²) in [7, 11) is 0. The third-order valence-corrected chi connectivity index (χ3v) is 3.69. The molecule has 1 amide bonds. The molecule has 0 radical (unpaired) electrons. The van der Waals surface area contributed by atoms with Crippen LogP contribution in [0.3, 0.4) is 0 Å². The van der Waals surface area contributed by atoms with Gasteiger partial charge in [-0.1, -0.05) is 17.7 Å². The van der Waals surface area contributed by atoms with Crippen LogP contribution in [0.25, 0.3) is 0 Å². The lowest BCUT2D eigenvalue weighted by molar-refractivity contribution is -0.121. The van der Waals surface area contributed by atoms with Gasteiger partial charge in [0.25, 0.3) is 5.56 Å². The van der Waals surface area contributed by atoms with Gasteiger partial charge in [0.05, 0.1) is 12.2 Å². The van der Waals surface area contributed by atoms with Crippen LogP contribution in [0.1, 0.15) is 22.6 Å². The molecule has 3 rings (SSSR count). The molecule has 114 valence electrons. The number of hydrogen-bond donors (Lipinski definition) is 3. The first-order valence-corrected chi connectivity index (χ1v) is 7.22. The molecule has 0 saturated carbocycles. The standard InChI is InChI=1S/C16H18N4O2/c1-9-3-4-13-11(5-9)6-14(20-13)16(22)17-8-12-7-15(21)19-10(2)18-12/h3-5,7,14,20H,6,8H2,1-2H3,(H,17,22)(H,18,19,21)/t14-/m0/s1. The van der Waals surface area contributed by atoms with E-state index in [2.05, 4.69) is 26.7 Å². The second-order valence-corrected chi connectivity index (χ2v) is 5.60. The molecule has 3 N–H and O–H groups in total. The van der Waals surface area contributed by atoms with Crippen molar-refractivity contribution >= 4 is 11.6 Å². The lowest BCUT2D eigenvalue weighted by Crippen LogP contribution is -2.38. The number of nitrogens with one attached hydrogen (secondary N) is 3. The zero-order chi connectivity index (χ0) is 15.7. The molecular formula is C16H18N4O2. The van der Waals surface area contributed by atoms with Crippen LogP contribution in [0.5, 0.6) is 0 Å². The van der Waals surface area contributed by atoms with E-state index < -0.39 is 0 Å². The van der Waals surface area contributed by atoms with Gasteiger partial charge >= 0.3 is 0 Å². The molecule has 1 aliphatic rings. The van der Waals surface area contributed by atoms with E-state index >= 15 is 0 Å². The number of hydrogen-bond acceptors (Lipinski definition) is 4. The Balaban J connectivity index is 1.63. The summed E-state index contributed by atoms with van der Waals surface area (Å²) in [6.07, 6.45) is 0.671. The van der Waals surface area contributed by atoms with Crippen molar-refractivity contribution in [3.05, 3.63) is 57.3 Å². The number of carbonyl (C=O) groups is 1. The average molecular weight is 298 g/mol. The van der Waals surface area contributed by atoms with E-state index in [-0.39, 0.29) is 24.1 Å². The lowest BCUT2D eigenvalue weighted by Gasteiger charge is -2.11. The van der Waals surface area contributed by atoms with Gasteiger partial charge in [0.1, 0.15) is 11.9 Å². The average Bonchev–Trinajstić information content (AvgIpc) is 2.86. The van der Waals surface area contributed by atoms with Crippen molar-refractivity contribution in [1.82, 2.24) is 15.3 Å². The highest BCUT2D eigenvalue weighted by molar-refractivity contribution is 5.87. The van der Waals surface area contributed by atoms with Gasteiger partial charge < -0.3 is 15.6 Å². The van der Waals surface area contributed by atoms with Crippen molar-refractivity contribution in [3.63, 3.8) is 0 Å². The first kappa shape index (κ1) is 14.3. The monoisotopic (exact) mass is 298 g/mol. The molecule has 0 bridgehead atoms. The number of aromatic nitrogens is 2. The summed E-state index contributed by atoms with van der Waals surface area (Å²) in [6, 6.07) is 7.24. The van der Waals surface area contributed by atoms with Crippen molar-refractivity contribution in [3.8, 4) is 0 Å². The number of anilines is 1. The Morgan fingerprint density at radius 2 is 2.18 bits per heavy atom. The highest BCUT2D eigenvalue weighted by Crippen LogP contribution is 2.26. The Morgan fingerprint density at radius 3 is 2.95 bits per heavy atom. The molecule has 2 aromatic rings. The Hall–Kier alpha value is -2.63. The maximum absolute atomic E-state index is 12.3. The van der Waals surface area contributed by atoms with E-state index in [4.69, 9.17) is 0 Å². The largest absolute Gasteiger partial charge is 0.373 e. The van der Waals surface area contributed by atoms with Crippen molar-refractivity contribution in [2.75, 3.05) is 5.32 Å². The highest BCUT2D eigenvalue weighted by atomic mass is 16.2. The summed E-state index contributed by atoms with van der Waals surface area (Å²) in [5.41, 5.74) is 3.70. The van der Waals surface area contributed by atoms with Crippen LogP contribution >= 0.6 is 0 Å². The van der Waals surface area contributed by atoms with Gasteiger partial charge in [-0.2, -0.15) is 0 Å². The van der Waals surface area contributed by atoms with E-state index in [1.54, 1.807) is 6.92 Å². The van der Waals surface area contributed by atoms with Crippen LogP contribution in [0.4, 0.5) is 5.69 Å². The molecule has 6 heteroatoms. The van der Waals surface area contributed by atoms with Crippen LogP contribution in [-0.2, 0) is 17.8 Å². The fourth-order valence-corrected chi connectivity index (χ4v) is 2.68. The number of aryl methyl sites for hydroxylation is 2. The molecule has 0 spiro atoms. The fourth-order valence-electron chi connectivity index (χ4n) is 2.68. The van der Waals surface area contributed by atoms with E-state index in [9.17, 15) is 9.59 Å². The molecule has 1 aliphatic heterocycles. The molecule has 1 aromatic carbocycles. The number of benzene rings is 1. The first-order chi connectivity index (χ1) is 10.5. The Morgan fingerprint density at radius 1 is 1.36 bits per heavy atom. The predicted octanol–water partition coefficient (Wildman–Crippen LogP) is 1.04. The molecule has 1 aromatic heterocycles. The van der Waals surface area contributed by atoms with Gasteiger partial charge in [-0.25, -0.2) is 4.98 Å². The van der Waals surface area contributed by atoms with Crippen LogP contribution in [-0.4, -0.2) is 21.9 Å². The number of nitrogens with zero attached hydrogens (tertiary/aromatic N) is 1. The van der Waals surface area contributed by atoms with Crippen LogP contribution in [0, 0.1) is 13.8 Å². The minimum absolute atomic E-state index is 0.0893. The van der Waals surface area contributed by atoms with Gasteiger partial charge in [0.2, 0.25) is 5.91 Å². The van der Waals surface area contributed by atoms with Crippen molar-refractivity contribution in [1.29, 1.82) is 0 Å². The smallest absolute Gasteiger partial charge is 0.251 e. The van der Waals surface area contributed by atoms with E-state index in [0.29, 0.717) is 17.9 Å². The molecule has 22 heavy (non-hydrogen) atoms. The van der Waals surface area contributed by atoms with E-state index in [1.165, 1.54) is 11.6 Å². The van der Waals surface area contributed by atoms with Gasteiger partial charge in [-0.05, 0) is 25.5 Å². The van der Waals surface area contributed by atoms with Gasteiger partial charge in [-0.3, -0.25) is 9.59 Å². The third kappa shape index (κ3) is 3.00. The van der Waals surface area contributed by atoms with Crippen molar-refractivity contribution < 1.29 is 4.79 Å². The summed E-state index contributed by atoms with van der Waals surface area (Å²) >= 11 is 0. The van der Waals surface area contributed by atoms with Gasteiger partial charge in [-0.15, -0.1) is 0 Å². The molecule has 0 unspecified atom stereocenters. The summed E-state index contributed by atoms with van der Waals surface area (Å²) in [4.78, 5) is 30.4. The zero-order valence-electron chi connectivity index (χ0n) is 12.6. The fraction of sp³-hybridized carbons (Fsp3) is 0.312. The van der Waals surface area contributed by atoms with E-state index in [1.807, 2.05) is 19.1 Å². The van der Waals surface area contributed by atoms with E-state index in [0.717, 1.165) is 11.3 Å². The minimum atomic E-state index is -0.278. The normalized spacial score (nSPS) is 16.0. The highest BCUT2D eigenvalue weighted by Gasteiger charge is 2.26. The molecule has 1 atom stereocenters. The molecule has 0 fully saturated rings. The number of fused-ring (bicyclic) bond motifs is 1. The van der Waals surface area contributed by atoms with Crippen LogP contribution in [0.2, 0.25) is 0 Å². The Bertz CT molecular complexity index is 782. The Labute approximate surface area is 128 Å². The molecule has 0 aliphatic carbocycles. The van der Waals surface area contributed by atoms with Gasteiger partial charge in [0, 0.05) is 18.2 Å². The number of rotatable bonds is 3.